The number of rotatable bonds is 5. The number of hydrogen-bond donors (Lipinski definition) is 1. The summed E-state index contributed by atoms with van der Waals surface area (Å²) in [5.41, 5.74) is -2.91. The normalized spacial score (nSPS) is 24.3. The van der Waals surface area contributed by atoms with Crippen molar-refractivity contribution in [2.75, 3.05) is 32.1 Å². The summed E-state index contributed by atoms with van der Waals surface area (Å²) in [5, 5.41) is 10.6. The first-order valence-corrected chi connectivity index (χ1v) is 9.69. The molecule has 2 aliphatic rings. The van der Waals surface area contributed by atoms with Crippen LogP contribution >= 0.6 is 24.0 Å². The molecule has 0 aromatic heterocycles. The Morgan fingerprint density at radius 3 is 2.56 bits per heavy atom. The molecule has 11 heteroatoms. The number of allylic oxidation sites excluding steroid dienone is 1. The number of nitrogens with zero attached hydrogens (tertiary/aromatic N) is 1. The van der Waals surface area contributed by atoms with Gasteiger partial charge in [-0.1, -0.05) is 11.8 Å². The number of aliphatic hydroxyl groups is 1. The molecule has 6 nitrogen and oxygen atoms in total. The molecule has 0 aromatic rings. The lowest BCUT2D eigenvalue weighted by Crippen LogP contribution is -2.57. The molecule has 0 aromatic carbocycles. The van der Waals surface area contributed by atoms with Crippen molar-refractivity contribution >= 4 is 40.2 Å². The monoisotopic (exact) mass is 427 g/mol. The Kier molecular flexibility index (Phi) is 6.80. The number of amides is 1. The third kappa shape index (κ3) is 4.40. The molecule has 27 heavy (non-hydrogen) atoms. The zero-order valence-corrected chi connectivity index (χ0v) is 16.4. The molecule has 0 saturated carbocycles. The molecule has 0 radical (unpaired) electrons. The average molecular weight is 427 g/mol. The smallest absolute Gasteiger partial charge is 0.418 e. The Labute approximate surface area is 164 Å². The average Bonchev–Trinajstić information content (AvgIpc) is 3.08. The van der Waals surface area contributed by atoms with Gasteiger partial charge in [-0.05, 0) is 37.7 Å². The molecule has 0 bridgehead atoms. The molecule has 1 aliphatic heterocycles. The van der Waals surface area contributed by atoms with Crippen molar-refractivity contribution < 1.29 is 37.3 Å². The molecular weight excluding hydrogens is 407 g/mol. The van der Waals surface area contributed by atoms with Crippen molar-refractivity contribution in [1.29, 1.82) is 0 Å². The highest BCUT2D eigenvalue weighted by Crippen LogP contribution is 2.48. The van der Waals surface area contributed by atoms with Crippen LogP contribution in [0.2, 0.25) is 0 Å². The van der Waals surface area contributed by atoms with E-state index in [1.54, 1.807) is 13.8 Å². The predicted octanol–water partition coefficient (Wildman–Crippen LogP) is 2.55. The van der Waals surface area contributed by atoms with E-state index in [4.69, 9.17) is 21.7 Å². The van der Waals surface area contributed by atoms with E-state index in [0.717, 1.165) is 6.08 Å². The summed E-state index contributed by atoms with van der Waals surface area (Å²) in [7, 11) is 0. The molecule has 152 valence electrons. The van der Waals surface area contributed by atoms with E-state index in [2.05, 4.69) is 0 Å². The molecule has 1 N–H and O–H groups in total. The van der Waals surface area contributed by atoms with Crippen molar-refractivity contribution in [3.63, 3.8) is 0 Å². The number of thioether (sulfide) groups is 1. The van der Waals surface area contributed by atoms with Crippen LogP contribution in [0.15, 0.2) is 11.6 Å². The number of likely N-dealkylation sites (tertiary alicyclic amines) is 1. The third-order valence-electron chi connectivity index (χ3n) is 4.51. The van der Waals surface area contributed by atoms with Crippen LogP contribution in [0.1, 0.15) is 13.8 Å². The van der Waals surface area contributed by atoms with Gasteiger partial charge in [0.15, 0.2) is 11.4 Å². The largest absolute Gasteiger partial charge is 0.479 e. The van der Waals surface area contributed by atoms with Crippen LogP contribution < -0.4 is 0 Å². The lowest BCUT2D eigenvalue weighted by molar-refractivity contribution is -0.268. The van der Waals surface area contributed by atoms with Gasteiger partial charge in [-0.2, -0.15) is 13.2 Å². The van der Waals surface area contributed by atoms with Crippen LogP contribution in [-0.4, -0.2) is 70.1 Å². The summed E-state index contributed by atoms with van der Waals surface area (Å²) in [6, 6.07) is 0. The number of fused-ring (bicyclic) bond motifs is 1. The van der Waals surface area contributed by atoms with Gasteiger partial charge >= 0.3 is 12.3 Å². The lowest BCUT2D eigenvalue weighted by Gasteiger charge is -2.37. The minimum absolute atomic E-state index is 0.00414. The van der Waals surface area contributed by atoms with E-state index in [0.29, 0.717) is 17.3 Å². The van der Waals surface area contributed by atoms with Gasteiger partial charge in [0, 0.05) is 24.8 Å². The predicted molar refractivity (Wildman–Crippen MR) is 96.4 cm³/mol. The molecule has 3 atom stereocenters. The maximum absolute atomic E-state index is 13.8. The van der Waals surface area contributed by atoms with Gasteiger partial charge in [-0.15, -0.1) is 0 Å². The second kappa shape index (κ2) is 8.36. The van der Waals surface area contributed by atoms with Gasteiger partial charge in [0.2, 0.25) is 4.38 Å². The Morgan fingerprint density at radius 1 is 1.37 bits per heavy atom. The van der Waals surface area contributed by atoms with Crippen LogP contribution in [0.25, 0.3) is 0 Å². The van der Waals surface area contributed by atoms with Gasteiger partial charge in [0.1, 0.15) is 0 Å². The number of hydrogen-bond acceptors (Lipinski definition) is 7. The van der Waals surface area contributed by atoms with Crippen LogP contribution in [0, 0.1) is 11.8 Å². The van der Waals surface area contributed by atoms with E-state index in [9.17, 15) is 27.9 Å². The van der Waals surface area contributed by atoms with Crippen LogP contribution in [0.4, 0.5) is 18.0 Å². The van der Waals surface area contributed by atoms with Crippen LogP contribution in [0.3, 0.4) is 0 Å². The number of halogens is 3. The third-order valence-corrected chi connectivity index (χ3v) is 5.92. The second-order valence-electron chi connectivity index (χ2n) is 6.18. The minimum atomic E-state index is -5.07. The minimum Gasteiger partial charge on any atom is -0.479 e. The second-order valence-corrected chi connectivity index (χ2v) is 7.76. The van der Waals surface area contributed by atoms with Gasteiger partial charge < -0.3 is 19.5 Å². The fourth-order valence-electron chi connectivity index (χ4n) is 3.30. The Balaban J connectivity index is 2.24. The maximum atomic E-state index is 13.8. The van der Waals surface area contributed by atoms with E-state index >= 15 is 0 Å². The zero-order chi connectivity index (χ0) is 20.4. The Morgan fingerprint density at radius 2 is 2.00 bits per heavy atom. The molecule has 3 unspecified atom stereocenters. The quantitative estimate of drug-likeness (QED) is 0.676. The van der Waals surface area contributed by atoms with Gasteiger partial charge in [-0.25, -0.2) is 4.79 Å². The SMILES string of the molecule is CCOC(=O)N1CC2=CC(=O)C(C(O)(CSC(=S)OCC)C(F)(F)F)C2C1. The Bertz CT molecular complexity index is 654. The van der Waals surface area contributed by atoms with E-state index in [1.165, 1.54) is 4.90 Å². The highest BCUT2D eigenvalue weighted by atomic mass is 32.2. The van der Waals surface area contributed by atoms with Gasteiger partial charge in [0.25, 0.3) is 0 Å². The van der Waals surface area contributed by atoms with Crippen molar-refractivity contribution in [2.24, 2.45) is 11.8 Å². The highest BCUT2D eigenvalue weighted by Gasteiger charge is 2.65. The van der Waals surface area contributed by atoms with Crippen LogP contribution in [0.5, 0.6) is 0 Å². The molecular formula is C16H20F3NO5S2. The van der Waals surface area contributed by atoms with E-state index in [1.807, 2.05) is 0 Å². The number of alkyl halides is 3. The maximum Gasteiger partial charge on any atom is 0.418 e. The summed E-state index contributed by atoms with van der Waals surface area (Å²) >= 11 is 5.35. The molecule has 0 spiro atoms. The topological polar surface area (TPSA) is 76.1 Å². The molecule has 1 aliphatic carbocycles. The molecule has 1 heterocycles. The standard InChI is InChI=1S/C16H20F3NO5S2/c1-3-24-13(22)20-6-9-5-11(21)12(10(9)7-20)15(23,16(17,18)19)8-27-14(26)25-4-2/h5,10,12,23H,3-4,6-8H2,1-2H3. The van der Waals surface area contributed by atoms with Gasteiger partial charge in [0.05, 0.1) is 19.1 Å². The van der Waals surface area contributed by atoms with Crippen molar-refractivity contribution in [2.45, 2.75) is 25.6 Å². The lowest BCUT2D eigenvalue weighted by atomic mass is 9.78. The fourth-order valence-corrected chi connectivity index (χ4v) is 4.48. The molecule has 1 fully saturated rings. The van der Waals surface area contributed by atoms with Crippen molar-refractivity contribution in [1.82, 2.24) is 4.90 Å². The first kappa shape index (κ1) is 22.0. The van der Waals surface area contributed by atoms with Crippen molar-refractivity contribution in [3.05, 3.63) is 11.6 Å². The summed E-state index contributed by atoms with van der Waals surface area (Å²) in [6.45, 7) is 3.42. The van der Waals surface area contributed by atoms with E-state index in [-0.39, 0.29) is 30.7 Å². The Hall–Kier alpha value is -1.33. The highest BCUT2D eigenvalue weighted by molar-refractivity contribution is 8.22. The summed E-state index contributed by atoms with van der Waals surface area (Å²) in [6.07, 6.45) is -4.64. The summed E-state index contributed by atoms with van der Waals surface area (Å²) in [5.74, 6) is -4.34. The number of carbonyl (C=O) groups is 2. The number of ketones is 1. The fraction of sp³-hybridized carbons (Fsp3) is 0.688. The molecule has 2 rings (SSSR count). The van der Waals surface area contributed by atoms with Crippen LogP contribution in [-0.2, 0) is 14.3 Å². The van der Waals surface area contributed by atoms with Gasteiger partial charge in [-0.3, -0.25) is 4.79 Å². The number of carbonyl (C=O) groups excluding carboxylic acids is 2. The summed E-state index contributed by atoms with van der Waals surface area (Å²) < 4.78 is 51.0. The molecule has 1 saturated heterocycles. The number of thiocarbonyl (C=S) groups is 1. The first-order valence-electron chi connectivity index (χ1n) is 8.29. The molecule has 1 amide bonds. The first-order chi connectivity index (χ1) is 12.5. The van der Waals surface area contributed by atoms with E-state index < -0.39 is 41.2 Å². The summed E-state index contributed by atoms with van der Waals surface area (Å²) in [4.78, 5) is 25.4. The van der Waals surface area contributed by atoms with Crippen molar-refractivity contribution in [3.8, 4) is 0 Å². The number of ether oxygens (including phenoxy) is 2. The zero-order valence-electron chi connectivity index (χ0n) is 14.7.